The molecule has 0 unspecified atom stereocenters. The van der Waals surface area contributed by atoms with Crippen molar-refractivity contribution in [3.63, 3.8) is 0 Å². The van der Waals surface area contributed by atoms with Gasteiger partial charge in [0.1, 0.15) is 5.82 Å². The molecule has 0 bridgehead atoms. The molecule has 3 N–H and O–H groups in total. The Labute approximate surface area is 137 Å². The van der Waals surface area contributed by atoms with Gasteiger partial charge in [0.15, 0.2) is 11.5 Å². The Kier molecular flexibility index (Phi) is 4.61. The third-order valence-corrected chi connectivity index (χ3v) is 4.01. The van der Waals surface area contributed by atoms with E-state index in [0.29, 0.717) is 13.2 Å². The number of carbonyl (C=O) groups is 2. The molecule has 2 atom stereocenters. The van der Waals surface area contributed by atoms with E-state index in [9.17, 15) is 14.0 Å². The number of nitrogens with two attached hydrogens (primary N) is 1. The quantitative estimate of drug-likeness (QED) is 0.876. The van der Waals surface area contributed by atoms with Crippen molar-refractivity contribution in [3.8, 4) is 0 Å². The first-order valence-corrected chi connectivity index (χ1v) is 7.59. The predicted molar refractivity (Wildman–Crippen MR) is 82.8 cm³/mol. The van der Waals surface area contributed by atoms with E-state index in [0.717, 1.165) is 12.0 Å². The molecule has 1 aromatic heterocycles. The Balaban J connectivity index is 1.61. The van der Waals surface area contributed by atoms with Crippen LogP contribution in [0, 0.1) is 11.7 Å². The second-order valence-electron chi connectivity index (χ2n) is 5.63. The first-order valence-electron chi connectivity index (χ1n) is 7.59. The Morgan fingerprint density at radius 1 is 1.17 bits per heavy atom. The van der Waals surface area contributed by atoms with Crippen molar-refractivity contribution in [1.29, 1.82) is 0 Å². The third-order valence-electron chi connectivity index (χ3n) is 4.01. The van der Waals surface area contributed by atoms with Gasteiger partial charge in [0, 0.05) is 19.1 Å². The molecule has 24 heavy (non-hydrogen) atoms. The molecule has 1 saturated heterocycles. The minimum Gasteiger partial charge on any atom is -0.446 e. The average Bonchev–Trinajstić information content (AvgIpc) is 3.23. The second kappa shape index (κ2) is 6.84. The van der Waals surface area contributed by atoms with Gasteiger partial charge in [-0.15, -0.1) is 0 Å². The molecule has 0 radical (unpaired) electrons. The summed E-state index contributed by atoms with van der Waals surface area (Å²) >= 11 is 0. The molecule has 3 rings (SSSR count). The van der Waals surface area contributed by atoms with E-state index in [1.165, 1.54) is 24.3 Å². The molecule has 2 amide bonds. The van der Waals surface area contributed by atoms with Crippen LogP contribution in [0.1, 0.15) is 39.2 Å². The van der Waals surface area contributed by atoms with Gasteiger partial charge in [-0.3, -0.25) is 9.59 Å². The highest BCUT2D eigenvalue weighted by molar-refractivity contribution is 5.94. The van der Waals surface area contributed by atoms with Crippen molar-refractivity contribution in [2.45, 2.75) is 12.5 Å². The largest absolute Gasteiger partial charge is 0.446 e. The predicted octanol–water partition coefficient (Wildman–Crippen LogP) is 2.03. The van der Waals surface area contributed by atoms with Crippen molar-refractivity contribution >= 4 is 11.8 Å². The molecule has 0 saturated carbocycles. The van der Waals surface area contributed by atoms with E-state index in [1.807, 2.05) is 0 Å². The highest BCUT2D eigenvalue weighted by Gasteiger charge is 2.30. The van der Waals surface area contributed by atoms with Crippen LogP contribution in [0.4, 0.5) is 4.39 Å². The summed E-state index contributed by atoms with van der Waals surface area (Å²) in [5, 5.41) is 2.77. The highest BCUT2D eigenvalue weighted by Crippen LogP contribution is 2.34. The normalized spacial score (nSPS) is 20.0. The topological polar surface area (TPSA) is 94.6 Å². The SMILES string of the molecule is NC(=O)c1ccc(C(=O)NC[C@@H]2CCO[C@H]2c2ccc(F)cc2)o1. The molecule has 6 nitrogen and oxygen atoms in total. The Morgan fingerprint density at radius 3 is 2.54 bits per heavy atom. The molecule has 126 valence electrons. The van der Waals surface area contributed by atoms with Gasteiger partial charge in [-0.1, -0.05) is 12.1 Å². The van der Waals surface area contributed by atoms with Crippen LogP contribution in [0.3, 0.4) is 0 Å². The van der Waals surface area contributed by atoms with Crippen LogP contribution in [0.5, 0.6) is 0 Å². The van der Waals surface area contributed by atoms with Crippen LogP contribution in [0.2, 0.25) is 0 Å². The number of furan rings is 1. The Morgan fingerprint density at radius 2 is 1.88 bits per heavy atom. The van der Waals surface area contributed by atoms with Gasteiger partial charge in [-0.25, -0.2) is 4.39 Å². The van der Waals surface area contributed by atoms with Gasteiger partial charge in [0.2, 0.25) is 0 Å². The summed E-state index contributed by atoms with van der Waals surface area (Å²) < 4.78 is 23.8. The molecule has 1 aliphatic heterocycles. The maximum Gasteiger partial charge on any atom is 0.287 e. The lowest BCUT2D eigenvalue weighted by Crippen LogP contribution is -2.30. The van der Waals surface area contributed by atoms with Crippen LogP contribution in [0.15, 0.2) is 40.8 Å². The zero-order valence-corrected chi connectivity index (χ0v) is 12.8. The van der Waals surface area contributed by atoms with E-state index < -0.39 is 11.8 Å². The van der Waals surface area contributed by atoms with Crippen LogP contribution in [0.25, 0.3) is 0 Å². The number of halogens is 1. The van der Waals surface area contributed by atoms with Crippen molar-refractivity contribution in [1.82, 2.24) is 5.32 Å². The zero-order valence-electron chi connectivity index (χ0n) is 12.8. The molecule has 7 heteroatoms. The first-order chi connectivity index (χ1) is 11.5. The molecular formula is C17H17FN2O4. The van der Waals surface area contributed by atoms with Crippen LogP contribution < -0.4 is 11.1 Å². The summed E-state index contributed by atoms with van der Waals surface area (Å²) in [5.74, 6) is -1.41. The van der Waals surface area contributed by atoms with Gasteiger partial charge in [-0.2, -0.15) is 0 Å². The molecule has 1 aliphatic rings. The number of ether oxygens (including phenoxy) is 1. The van der Waals surface area contributed by atoms with Crippen molar-refractivity contribution in [2.24, 2.45) is 11.7 Å². The van der Waals surface area contributed by atoms with Gasteiger partial charge in [0.25, 0.3) is 11.8 Å². The Bertz CT molecular complexity index is 741. The summed E-state index contributed by atoms with van der Waals surface area (Å²) in [5.41, 5.74) is 5.96. The van der Waals surface area contributed by atoms with E-state index in [4.69, 9.17) is 14.9 Å². The number of primary amides is 1. The molecule has 2 aromatic rings. The summed E-state index contributed by atoms with van der Waals surface area (Å²) in [7, 11) is 0. The van der Waals surface area contributed by atoms with E-state index in [1.54, 1.807) is 12.1 Å². The van der Waals surface area contributed by atoms with Gasteiger partial charge in [0.05, 0.1) is 6.10 Å². The molecular weight excluding hydrogens is 315 g/mol. The third kappa shape index (κ3) is 3.46. The monoisotopic (exact) mass is 332 g/mol. The number of hydrogen-bond donors (Lipinski definition) is 2. The lowest BCUT2D eigenvalue weighted by atomic mass is 9.95. The summed E-state index contributed by atoms with van der Waals surface area (Å²) in [6.45, 7) is 0.961. The van der Waals surface area contributed by atoms with Gasteiger partial charge < -0.3 is 20.2 Å². The standard InChI is InChI=1S/C17H17FN2O4/c18-12-3-1-10(2-4-12)15-11(7-8-23-15)9-20-17(22)14-6-5-13(24-14)16(19)21/h1-6,11,15H,7-9H2,(H2,19,21)(H,20,22)/t11-,15-/m0/s1. The number of amides is 2. The molecule has 1 fully saturated rings. The molecule has 0 spiro atoms. The number of carbonyl (C=O) groups excluding carboxylic acids is 2. The highest BCUT2D eigenvalue weighted by atomic mass is 19.1. The van der Waals surface area contributed by atoms with E-state index in [2.05, 4.69) is 5.32 Å². The van der Waals surface area contributed by atoms with Crippen LogP contribution >= 0.6 is 0 Å². The Hall–Kier alpha value is -2.67. The lowest BCUT2D eigenvalue weighted by molar-refractivity contribution is 0.0830. The van der Waals surface area contributed by atoms with Crippen molar-refractivity contribution in [2.75, 3.05) is 13.2 Å². The number of nitrogens with one attached hydrogen (secondary N) is 1. The summed E-state index contributed by atoms with van der Waals surface area (Å²) in [6, 6.07) is 8.91. The minimum atomic E-state index is -0.727. The van der Waals surface area contributed by atoms with E-state index >= 15 is 0 Å². The maximum absolute atomic E-state index is 13.0. The fourth-order valence-corrected chi connectivity index (χ4v) is 2.77. The second-order valence-corrected chi connectivity index (χ2v) is 5.63. The summed E-state index contributed by atoms with van der Waals surface area (Å²) in [4.78, 5) is 23.1. The van der Waals surface area contributed by atoms with Crippen molar-refractivity contribution < 1.29 is 23.1 Å². The molecule has 1 aromatic carbocycles. The first kappa shape index (κ1) is 16.2. The average molecular weight is 332 g/mol. The van der Waals surface area contributed by atoms with E-state index in [-0.39, 0.29) is 29.4 Å². The fourth-order valence-electron chi connectivity index (χ4n) is 2.77. The lowest BCUT2D eigenvalue weighted by Gasteiger charge is -2.19. The van der Waals surface area contributed by atoms with Crippen LogP contribution in [-0.4, -0.2) is 25.0 Å². The minimum absolute atomic E-state index is 0.0287. The number of hydrogen-bond acceptors (Lipinski definition) is 4. The van der Waals surface area contributed by atoms with Gasteiger partial charge >= 0.3 is 0 Å². The molecule has 2 heterocycles. The maximum atomic E-state index is 13.0. The smallest absolute Gasteiger partial charge is 0.287 e. The number of rotatable bonds is 5. The van der Waals surface area contributed by atoms with Crippen LogP contribution in [-0.2, 0) is 4.74 Å². The summed E-state index contributed by atoms with van der Waals surface area (Å²) in [6.07, 6.45) is 0.594. The number of benzene rings is 1. The fraction of sp³-hybridized carbons (Fsp3) is 0.294. The van der Waals surface area contributed by atoms with Crippen molar-refractivity contribution in [3.05, 3.63) is 59.3 Å². The zero-order chi connectivity index (χ0) is 17.1. The molecule has 0 aliphatic carbocycles. The van der Waals surface area contributed by atoms with Gasteiger partial charge in [-0.05, 0) is 36.2 Å².